The molecule has 0 saturated heterocycles. The number of amides is 2. The van der Waals surface area contributed by atoms with Gasteiger partial charge < -0.3 is 4.74 Å². The zero-order valence-corrected chi connectivity index (χ0v) is 12.1. The monoisotopic (exact) mass is 307 g/mol. The molecule has 1 aromatic rings. The molecule has 116 valence electrons. The molecule has 0 fully saturated rings. The Balaban J connectivity index is 2.31. The number of carbonyl (C=O) groups is 4. The summed E-state index contributed by atoms with van der Waals surface area (Å²) in [7, 11) is 0. The van der Waals surface area contributed by atoms with Crippen LogP contribution in [0.25, 0.3) is 0 Å². The van der Waals surface area contributed by atoms with E-state index in [1.807, 2.05) is 0 Å². The molecule has 2 rings (SSSR count). The Morgan fingerprint density at radius 2 is 2.05 bits per heavy atom. The smallest absolute Gasteiger partial charge is 0.326 e. The molecule has 1 aromatic carbocycles. The number of ketones is 1. The maximum Gasteiger partial charge on any atom is 0.326 e. The van der Waals surface area contributed by atoms with Crippen LogP contribution in [0.2, 0.25) is 0 Å². The van der Waals surface area contributed by atoms with Crippen molar-refractivity contribution < 1.29 is 28.3 Å². The number of carbonyl (C=O) groups excluding carboxylic acids is 4. The number of hydrogen-bond acceptors (Lipinski definition) is 5. The first-order valence-corrected chi connectivity index (χ1v) is 6.68. The Bertz CT molecular complexity index is 670. The van der Waals surface area contributed by atoms with Crippen molar-refractivity contribution in [3.63, 3.8) is 0 Å². The first-order chi connectivity index (χ1) is 10.4. The van der Waals surface area contributed by atoms with Crippen molar-refractivity contribution in [1.82, 2.24) is 4.90 Å². The van der Waals surface area contributed by atoms with Crippen molar-refractivity contribution in [1.29, 1.82) is 0 Å². The van der Waals surface area contributed by atoms with Crippen LogP contribution in [0.3, 0.4) is 0 Å². The third kappa shape index (κ3) is 2.61. The molecule has 6 nitrogen and oxygen atoms in total. The van der Waals surface area contributed by atoms with Crippen LogP contribution in [0.5, 0.6) is 0 Å². The Kier molecular flexibility index (Phi) is 4.35. The highest BCUT2D eigenvalue weighted by atomic mass is 19.1. The Hall–Kier alpha value is -2.57. The summed E-state index contributed by atoms with van der Waals surface area (Å²) in [5, 5.41) is 0. The molecular formula is C15H14FNO5. The van der Waals surface area contributed by atoms with Crippen LogP contribution in [0, 0.1) is 11.7 Å². The normalized spacial score (nSPS) is 14.5. The van der Waals surface area contributed by atoms with Crippen LogP contribution >= 0.6 is 0 Å². The lowest BCUT2D eigenvalue weighted by Crippen LogP contribution is -2.43. The summed E-state index contributed by atoms with van der Waals surface area (Å²) in [5.74, 6) is -6.04. The molecular weight excluding hydrogens is 293 g/mol. The van der Waals surface area contributed by atoms with Crippen molar-refractivity contribution in [3.8, 4) is 0 Å². The Morgan fingerprint density at radius 1 is 1.36 bits per heavy atom. The number of esters is 1. The highest BCUT2D eigenvalue weighted by Gasteiger charge is 2.42. The molecule has 2 amide bonds. The third-order valence-corrected chi connectivity index (χ3v) is 3.33. The highest BCUT2D eigenvalue weighted by molar-refractivity contribution is 6.21. The fourth-order valence-corrected chi connectivity index (χ4v) is 2.32. The van der Waals surface area contributed by atoms with Gasteiger partial charge in [-0.25, -0.2) is 4.39 Å². The van der Waals surface area contributed by atoms with Crippen LogP contribution in [0.1, 0.15) is 29.8 Å². The molecule has 0 spiro atoms. The average molecular weight is 307 g/mol. The summed E-state index contributed by atoms with van der Waals surface area (Å²) < 4.78 is 18.4. The number of imide groups is 1. The maximum absolute atomic E-state index is 13.7. The quantitative estimate of drug-likeness (QED) is 0.614. The van der Waals surface area contributed by atoms with Gasteiger partial charge in [-0.15, -0.1) is 0 Å². The van der Waals surface area contributed by atoms with Crippen molar-refractivity contribution >= 4 is 23.6 Å². The average Bonchev–Trinajstić information content (AvgIpc) is 2.77. The van der Waals surface area contributed by atoms with Gasteiger partial charge in [-0.05, 0) is 25.5 Å². The van der Waals surface area contributed by atoms with Crippen molar-refractivity contribution in [2.75, 3.05) is 6.61 Å². The standard InChI is InChI=1S/C15H14FNO5/c1-3-22-15(21)11(8(2)18)13(19)17-7-9-5-4-6-10(16)12(9)14(17)20/h4-6,11H,3,7H2,1-2H3. The van der Waals surface area contributed by atoms with Gasteiger partial charge in [-0.2, -0.15) is 0 Å². The molecule has 1 aliphatic rings. The Labute approximate surface area is 125 Å². The molecule has 22 heavy (non-hydrogen) atoms. The van der Waals surface area contributed by atoms with Crippen molar-refractivity contribution in [3.05, 3.63) is 35.1 Å². The summed E-state index contributed by atoms with van der Waals surface area (Å²) in [6.45, 7) is 2.42. The van der Waals surface area contributed by atoms with Gasteiger partial charge in [0.05, 0.1) is 18.7 Å². The number of halogens is 1. The van der Waals surface area contributed by atoms with Crippen molar-refractivity contribution in [2.45, 2.75) is 20.4 Å². The fourth-order valence-electron chi connectivity index (χ4n) is 2.32. The minimum atomic E-state index is -1.71. The number of benzene rings is 1. The molecule has 1 unspecified atom stereocenters. The first kappa shape index (κ1) is 15.8. The molecule has 7 heteroatoms. The first-order valence-electron chi connectivity index (χ1n) is 6.68. The summed E-state index contributed by atoms with van der Waals surface area (Å²) in [5.41, 5.74) is 0.131. The number of nitrogens with zero attached hydrogens (tertiary/aromatic N) is 1. The lowest BCUT2D eigenvalue weighted by Gasteiger charge is -2.18. The van der Waals surface area contributed by atoms with E-state index in [9.17, 15) is 23.6 Å². The molecule has 1 aliphatic heterocycles. The van der Waals surface area contributed by atoms with Gasteiger partial charge >= 0.3 is 5.97 Å². The second-order valence-corrected chi connectivity index (χ2v) is 4.80. The van der Waals surface area contributed by atoms with E-state index in [-0.39, 0.29) is 18.7 Å². The second-order valence-electron chi connectivity index (χ2n) is 4.80. The molecule has 0 bridgehead atoms. The van der Waals surface area contributed by atoms with Crippen LogP contribution < -0.4 is 0 Å². The summed E-state index contributed by atoms with van der Waals surface area (Å²) in [6.07, 6.45) is 0. The number of hydrogen-bond donors (Lipinski definition) is 0. The molecule has 0 radical (unpaired) electrons. The third-order valence-electron chi connectivity index (χ3n) is 3.33. The lowest BCUT2D eigenvalue weighted by molar-refractivity contribution is -0.157. The fraction of sp³-hybridized carbons (Fsp3) is 0.333. The lowest BCUT2D eigenvalue weighted by atomic mass is 10.0. The highest BCUT2D eigenvalue weighted by Crippen LogP contribution is 2.26. The summed E-state index contributed by atoms with van der Waals surface area (Å²) in [4.78, 5) is 48.6. The molecule has 1 atom stereocenters. The minimum absolute atomic E-state index is 0.00130. The molecule has 0 aromatic heterocycles. The van der Waals surface area contributed by atoms with Gasteiger partial charge in [0.2, 0.25) is 0 Å². The number of ether oxygens (including phenoxy) is 1. The number of Topliss-reactive ketones (excluding diaryl/α,β-unsaturated/α-hetero) is 1. The van der Waals surface area contributed by atoms with Crippen molar-refractivity contribution in [2.24, 2.45) is 5.92 Å². The molecule has 0 aliphatic carbocycles. The zero-order chi connectivity index (χ0) is 16.4. The predicted molar refractivity (Wildman–Crippen MR) is 72.1 cm³/mol. The Morgan fingerprint density at radius 3 is 2.59 bits per heavy atom. The van der Waals surface area contributed by atoms with Crippen LogP contribution in [0.4, 0.5) is 4.39 Å². The van der Waals surface area contributed by atoms with E-state index in [4.69, 9.17) is 0 Å². The van der Waals surface area contributed by atoms with E-state index in [1.165, 1.54) is 19.1 Å². The minimum Gasteiger partial charge on any atom is -0.465 e. The van der Waals surface area contributed by atoms with Gasteiger partial charge in [0.15, 0.2) is 11.7 Å². The topological polar surface area (TPSA) is 80.8 Å². The van der Waals surface area contributed by atoms with E-state index >= 15 is 0 Å². The summed E-state index contributed by atoms with van der Waals surface area (Å²) >= 11 is 0. The molecule has 0 N–H and O–H groups in total. The largest absolute Gasteiger partial charge is 0.465 e. The molecule has 1 heterocycles. The van der Waals surface area contributed by atoms with Crippen LogP contribution in [0.15, 0.2) is 18.2 Å². The van der Waals surface area contributed by atoms with Gasteiger partial charge in [-0.3, -0.25) is 24.1 Å². The van der Waals surface area contributed by atoms with E-state index in [0.717, 1.165) is 13.0 Å². The summed E-state index contributed by atoms with van der Waals surface area (Å²) in [6, 6.07) is 4.04. The molecule has 0 saturated carbocycles. The predicted octanol–water partition coefficient (Wildman–Crippen LogP) is 1.08. The van der Waals surface area contributed by atoms with Gasteiger partial charge in [0, 0.05) is 0 Å². The van der Waals surface area contributed by atoms with E-state index in [0.29, 0.717) is 10.5 Å². The SMILES string of the molecule is CCOC(=O)C(C(C)=O)C(=O)N1Cc2cccc(F)c2C1=O. The van der Waals surface area contributed by atoms with Crippen LogP contribution in [-0.2, 0) is 25.7 Å². The van der Waals surface area contributed by atoms with Gasteiger partial charge in [-0.1, -0.05) is 12.1 Å². The van der Waals surface area contributed by atoms with E-state index < -0.39 is 35.3 Å². The van der Waals surface area contributed by atoms with E-state index in [1.54, 1.807) is 0 Å². The van der Waals surface area contributed by atoms with Crippen LogP contribution in [-0.4, -0.2) is 35.1 Å². The van der Waals surface area contributed by atoms with Gasteiger partial charge in [0.25, 0.3) is 11.8 Å². The van der Waals surface area contributed by atoms with Gasteiger partial charge in [0.1, 0.15) is 5.82 Å². The number of fused-ring (bicyclic) bond motifs is 1. The second kappa shape index (κ2) is 6.05. The van der Waals surface area contributed by atoms with E-state index in [2.05, 4.69) is 4.74 Å². The zero-order valence-electron chi connectivity index (χ0n) is 12.1. The number of rotatable bonds is 4. The maximum atomic E-state index is 13.7.